The van der Waals surface area contributed by atoms with Crippen LogP contribution in [0.5, 0.6) is 5.75 Å². The third kappa shape index (κ3) is 4.60. The van der Waals surface area contributed by atoms with Crippen LogP contribution in [0, 0.1) is 0 Å². The number of aromatic nitrogens is 1. The molecule has 0 aliphatic carbocycles. The zero-order valence-corrected chi connectivity index (χ0v) is 13.1. The Morgan fingerprint density at radius 2 is 2.00 bits per heavy atom. The van der Waals surface area contributed by atoms with E-state index in [1.807, 2.05) is 18.2 Å². The van der Waals surface area contributed by atoms with E-state index in [9.17, 15) is 0 Å². The fourth-order valence-electron chi connectivity index (χ4n) is 2.04. The second-order valence-electron chi connectivity index (χ2n) is 5.23. The number of hydrogen-bond acceptors (Lipinski definition) is 4. The standard InChI is InChI=1S/C17H24N2O2/c1-4-13(3)14-6-8-16(9-7-14)20-12-17-10-15(19-21-17)11-18-5-2/h6-10,13,18H,4-5,11-12H2,1-3H3. The first-order chi connectivity index (χ1) is 10.2. The summed E-state index contributed by atoms with van der Waals surface area (Å²) >= 11 is 0. The zero-order chi connectivity index (χ0) is 15.1. The molecule has 1 N–H and O–H groups in total. The van der Waals surface area contributed by atoms with E-state index in [1.54, 1.807) is 0 Å². The molecule has 0 fully saturated rings. The summed E-state index contributed by atoms with van der Waals surface area (Å²) in [5.74, 6) is 2.18. The van der Waals surface area contributed by atoms with Gasteiger partial charge in [0.15, 0.2) is 5.76 Å². The lowest BCUT2D eigenvalue weighted by molar-refractivity contribution is 0.248. The van der Waals surface area contributed by atoms with Gasteiger partial charge in [0.05, 0.1) is 5.69 Å². The highest BCUT2D eigenvalue weighted by atomic mass is 16.5. The van der Waals surface area contributed by atoms with Gasteiger partial charge >= 0.3 is 0 Å². The van der Waals surface area contributed by atoms with Crippen molar-refractivity contribution in [2.45, 2.75) is 46.3 Å². The molecule has 2 rings (SSSR count). The maximum atomic E-state index is 5.72. The molecule has 114 valence electrons. The number of hydrogen-bond donors (Lipinski definition) is 1. The molecule has 1 heterocycles. The molecular formula is C17H24N2O2. The van der Waals surface area contributed by atoms with Crippen LogP contribution in [0.1, 0.15) is 50.1 Å². The Kier molecular flexibility index (Phi) is 5.81. The molecule has 0 aliphatic heterocycles. The van der Waals surface area contributed by atoms with Gasteiger partial charge in [-0.1, -0.05) is 38.1 Å². The normalized spacial score (nSPS) is 12.3. The van der Waals surface area contributed by atoms with E-state index in [0.717, 1.165) is 36.7 Å². The molecule has 1 aromatic heterocycles. The Labute approximate surface area is 126 Å². The second-order valence-corrected chi connectivity index (χ2v) is 5.23. The lowest BCUT2D eigenvalue weighted by Gasteiger charge is -2.10. The van der Waals surface area contributed by atoms with Crippen molar-refractivity contribution in [3.63, 3.8) is 0 Å². The molecule has 4 heteroatoms. The Bertz CT molecular complexity index is 534. The van der Waals surface area contributed by atoms with Gasteiger partial charge in [0.25, 0.3) is 0 Å². The van der Waals surface area contributed by atoms with Crippen LogP contribution in [0.4, 0.5) is 0 Å². The van der Waals surface area contributed by atoms with Crippen LogP contribution in [0.3, 0.4) is 0 Å². The summed E-state index contributed by atoms with van der Waals surface area (Å²) in [5, 5.41) is 7.21. The van der Waals surface area contributed by atoms with Gasteiger partial charge < -0.3 is 14.6 Å². The zero-order valence-electron chi connectivity index (χ0n) is 13.1. The van der Waals surface area contributed by atoms with Gasteiger partial charge in [0.2, 0.25) is 0 Å². The molecule has 0 radical (unpaired) electrons. The van der Waals surface area contributed by atoms with E-state index in [4.69, 9.17) is 9.26 Å². The first kappa shape index (κ1) is 15.6. The van der Waals surface area contributed by atoms with Crippen molar-refractivity contribution in [3.8, 4) is 5.75 Å². The first-order valence-electron chi connectivity index (χ1n) is 7.60. The van der Waals surface area contributed by atoms with Crippen molar-refractivity contribution in [1.29, 1.82) is 0 Å². The van der Waals surface area contributed by atoms with Crippen LogP contribution < -0.4 is 10.1 Å². The summed E-state index contributed by atoms with van der Waals surface area (Å²) in [6.45, 7) is 8.54. The SMILES string of the molecule is CCNCc1cc(COc2ccc(C(C)CC)cc2)on1. The third-order valence-corrected chi connectivity index (χ3v) is 3.61. The number of rotatable bonds is 8. The third-order valence-electron chi connectivity index (χ3n) is 3.61. The quantitative estimate of drug-likeness (QED) is 0.801. The van der Waals surface area contributed by atoms with E-state index in [-0.39, 0.29) is 0 Å². The molecule has 21 heavy (non-hydrogen) atoms. The number of benzene rings is 1. The maximum absolute atomic E-state index is 5.72. The summed E-state index contributed by atoms with van der Waals surface area (Å²) in [7, 11) is 0. The van der Waals surface area contributed by atoms with Gasteiger partial charge in [-0.2, -0.15) is 0 Å². The highest BCUT2D eigenvalue weighted by molar-refractivity contribution is 5.29. The number of nitrogens with zero attached hydrogens (tertiary/aromatic N) is 1. The molecule has 1 atom stereocenters. The Morgan fingerprint density at radius 1 is 1.24 bits per heavy atom. The van der Waals surface area contributed by atoms with E-state index in [0.29, 0.717) is 12.5 Å². The topological polar surface area (TPSA) is 47.3 Å². The molecule has 0 spiro atoms. The summed E-state index contributed by atoms with van der Waals surface area (Å²) < 4.78 is 11.0. The molecule has 1 aromatic carbocycles. The summed E-state index contributed by atoms with van der Waals surface area (Å²) in [6.07, 6.45) is 1.15. The van der Waals surface area contributed by atoms with Crippen molar-refractivity contribution in [2.75, 3.05) is 6.54 Å². The predicted octanol–water partition coefficient (Wildman–Crippen LogP) is 3.88. The van der Waals surface area contributed by atoms with Crippen molar-refractivity contribution >= 4 is 0 Å². The van der Waals surface area contributed by atoms with Gasteiger partial charge in [-0.05, 0) is 36.6 Å². The van der Waals surface area contributed by atoms with Gasteiger partial charge in [-0.25, -0.2) is 0 Å². The minimum atomic E-state index is 0.405. The number of nitrogens with one attached hydrogen (secondary N) is 1. The van der Waals surface area contributed by atoms with E-state index in [2.05, 4.69) is 43.4 Å². The van der Waals surface area contributed by atoms with Gasteiger partial charge in [0, 0.05) is 12.6 Å². The second kappa shape index (κ2) is 7.84. The Hall–Kier alpha value is -1.81. The Morgan fingerprint density at radius 3 is 2.67 bits per heavy atom. The summed E-state index contributed by atoms with van der Waals surface area (Å²) in [5.41, 5.74) is 2.25. The van der Waals surface area contributed by atoms with Crippen LogP contribution in [-0.2, 0) is 13.2 Å². The molecule has 0 saturated carbocycles. The van der Waals surface area contributed by atoms with Crippen LogP contribution in [0.2, 0.25) is 0 Å². The van der Waals surface area contributed by atoms with Crippen molar-refractivity contribution < 1.29 is 9.26 Å². The highest BCUT2D eigenvalue weighted by Gasteiger charge is 2.06. The average molecular weight is 288 g/mol. The van der Waals surface area contributed by atoms with Gasteiger partial charge in [0.1, 0.15) is 12.4 Å². The fraction of sp³-hybridized carbons (Fsp3) is 0.471. The highest BCUT2D eigenvalue weighted by Crippen LogP contribution is 2.22. The van der Waals surface area contributed by atoms with E-state index < -0.39 is 0 Å². The Balaban J connectivity index is 1.86. The fourth-order valence-corrected chi connectivity index (χ4v) is 2.04. The van der Waals surface area contributed by atoms with E-state index in [1.165, 1.54) is 5.56 Å². The average Bonchev–Trinajstić information content (AvgIpc) is 2.98. The van der Waals surface area contributed by atoms with Crippen LogP contribution in [0.15, 0.2) is 34.9 Å². The van der Waals surface area contributed by atoms with Crippen LogP contribution >= 0.6 is 0 Å². The molecule has 0 saturated heterocycles. The maximum Gasteiger partial charge on any atom is 0.174 e. The van der Waals surface area contributed by atoms with Gasteiger partial charge in [-0.3, -0.25) is 0 Å². The van der Waals surface area contributed by atoms with Crippen molar-refractivity contribution in [3.05, 3.63) is 47.3 Å². The molecule has 1 unspecified atom stereocenters. The van der Waals surface area contributed by atoms with Crippen LogP contribution in [-0.4, -0.2) is 11.7 Å². The molecule has 0 amide bonds. The predicted molar refractivity (Wildman–Crippen MR) is 83.4 cm³/mol. The lowest BCUT2D eigenvalue weighted by atomic mass is 9.99. The van der Waals surface area contributed by atoms with Gasteiger partial charge in [-0.15, -0.1) is 0 Å². The molecule has 0 aliphatic rings. The van der Waals surface area contributed by atoms with Crippen molar-refractivity contribution in [2.24, 2.45) is 0 Å². The molecule has 2 aromatic rings. The largest absolute Gasteiger partial charge is 0.486 e. The summed E-state index contributed by atoms with van der Waals surface area (Å²) in [4.78, 5) is 0. The van der Waals surface area contributed by atoms with Crippen LogP contribution in [0.25, 0.3) is 0 Å². The molecular weight excluding hydrogens is 264 g/mol. The van der Waals surface area contributed by atoms with E-state index >= 15 is 0 Å². The minimum absolute atomic E-state index is 0.405. The first-order valence-corrected chi connectivity index (χ1v) is 7.60. The number of ether oxygens (including phenoxy) is 1. The molecule has 4 nitrogen and oxygen atoms in total. The van der Waals surface area contributed by atoms with Crippen molar-refractivity contribution in [1.82, 2.24) is 10.5 Å². The summed E-state index contributed by atoms with van der Waals surface area (Å²) in [6, 6.07) is 10.2. The monoisotopic (exact) mass is 288 g/mol. The molecule has 0 bridgehead atoms. The smallest absolute Gasteiger partial charge is 0.174 e. The lowest BCUT2D eigenvalue weighted by Crippen LogP contribution is -2.11. The minimum Gasteiger partial charge on any atom is -0.486 e.